The molecule has 2 N–H and O–H groups in total. The van der Waals surface area contributed by atoms with Gasteiger partial charge in [-0.1, -0.05) is 104 Å². The zero-order chi connectivity index (χ0) is 42.8. The summed E-state index contributed by atoms with van der Waals surface area (Å²) < 4.78 is 19.0. The van der Waals surface area contributed by atoms with Crippen LogP contribution in [0.1, 0.15) is 88.9 Å². The van der Waals surface area contributed by atoms with Gasteiger partial charge in [-0.15, -0.1) is 5.10 Å². The number of imide groups is 1. The van der Waals surface area contributed by atoms with Crippen LogP contribution in [0, 0.1) is 0 Å². The predicted octanol–water partition coefficient (Wildman–Crippen LogP) is 8.81. The highest BCUT2D eigenvalue weighted by Crippen LogP contribution is 2.35. The fourth-order valence-electron chi connectivity index (χ4n) is 9.06. The van der Waals surface area contributed by atoms with E-state index in [0.29, 0.717) is 48.6 Å². The Morgan fingerprint density at radius 2 is 1.32 bits per heavy atom. The minimum atomic E-state index is -0.329. The number of ether oxygens (including phenoxy) is 3. The van der Waals surface area contributed by atoms with Gasteiger partial charge < -0.3 is 24.4 Å². The Balaban J connectivity index is 0.619. The van der Waals surface area contributed by atoms with Crippen LogP contribution in [0.2, 0.25) is 0 Å². The van der Waals surface area contributed by atoms with E-state index in [1.807, 2.05) is 18.2 Å². The zero-order valence-electron chi connectivity index (χ0n) is 36.1. The van der Waals surface area contributed by atoms with Crippen molar-refractivity contribution in [1.29, 1.82) is 0 Å². The van der Waals surface area contributed by atoms with Crippen molar-refractivity contribution in [2.24, 2.45) is 0 Å². The number of aromatic nitrogens is 3. The molecule has 0 atom stereocenters. The second-order valence-electron chi connectivity index (χ2n) is 16.8. The first kappa shape index (κ1) is 42.2. The Hall–Kier alpha value is -6.14. The number of hydrogen-bond donors (Lipinski definition) is 1. The molecule has 7 aromatic rings. The molecule has 6 aromatic carbocycles. The van der Waals surface area contributed by atoms with Gasteiger partial charge in [0.1, 0.15) is 31.2 Å². The molecular formula is C52H57N6O5+. The highest BCUT2D eigenvalue weighted by atomic mass is 16.5. The second kappa shape index (κ2) is 20.4. The van der Waals surface area contributed by atoms with Gasteiger partial charge in [0.05, 0.1) is 38.2 Å². The number of rotatable bonds is 21. The van der Waals surface area contributed by atoms with Crippen molar-refractivity contribution < 1.29 is 29.1 Å². The van der Waals surface area contributed by atoms with E-state index >= 15 is 0 Å². The van der Waals surface area contributed by atoms with Gasteiger partial charge in [0, 0.05) is 47.5 Å². The van der Waals surface area contributed by atoms with E-state index in [-0.39, 0.29) is 18.5 Å². The van der Waals surface area contributed by atoms with Crippen LogP contribution in [0.3, 0.4) is 0 Å². The molecule has 1 aromatic heterocycles. The maximum Gasteiger partial charge on any atom is 0.263 e. The highest BCUT2D eigenvalue weighted by molar-refractivity contribution is 6.25. The summed E-state index contributed by atoms with van der Waals surface area (Å²) in [5.74, 6) is 0.287. The van der Waals surface area contributed by atoms with Gasteiger partial charge >= 0.3 is 0 Å². The van der Waals surface area contributed by atoms with E-state index in [4.69, 9.17) is 14.2 Å². The standard InChI is InChI=1S/C52H56N6O5/c59-51-47-19-13-16-41-31-43(56-24-28-61-29-25-56)32-48(50(41)47)52(60)58(51)37-57-35-42(54-55-57)36-62-26-11-5-3-1-2-4-6-12-27-63-44-22-20-38(21-23-44)33-53-34-49-45-17-9-7-14-39(45)30-40-15-8-10-18-46(40)49/h7-10,13-23,30-32,35,53H,1-6,11-12,24-29,33-34,36-37H2/p+1. The minimum absolute atomic E-state index is 0.0187. The van der Waals surface area contributed by atoms with Gasteiger partial charge in [0.25, 0.3) is 11.8 Å². The molecule has 0 saturated carbocycles. The summed E-state index contributed by atoms with van der Waals surface area (Å²) in [7, 11) is 0. The Labute approximate surface area is 368 Å². The van der Waals surface area contributed by atoms with Gasteiger partial charge in [0.15, 0.2) is 0 Å². The Bertz CT molecular complexity index is 2620. The van der Waals surface area contributed by atoms with Crippen LogP contribution < -0.4 is 15.0 Å². The van der Waals surface area contributed by atoms with E-state index < -0.39 is 0 Å². The average molecular weight is 846 g/mol. The summed E-state index contributed by atoms with van der Waals surface area (Å²) in [6.45, 7) is 6.39. The summed E-state index contributed by atoms with van der Waals surface area (Å²) in [6.07, 6.45) is 11.0. The van der Waals surface area contributed by atoms with Gasteiger partial charge in [-0.05, 0) is 88.3 Å². The number of benzene rings is 6. The Morgan fingerprint density at radius 1 is 0.651 bits per heavy atom. The third-order valence-electron chi connectivity index (χ3n) is 12.4. The summed E-state index contributed by atoms with van der Waals surface area (Å²) in [5, 5.41) is 17.7. The smallest absolute Gasteiger partial charge is 0.263 e. The van der Waals surface area contributed by atoms with Crippen molar-refractivity contribution in [1.82, 2.24) is 19.9 Å². The van der Waals surface area contributed by atoms with Crippen molar-refractivity contribution in [3.63, 3.8) is 0 Å². The summed E-state index contributed by atoms with van der Waals surface area (Å²) in [5.41, 5.74) is 5.39. The Kier molecular flexibility index (Phi) is 13.6. The molecule has 324 valence electrons. The lowest BCUT2D eigenvalue weighted by molar-refractivity contribution is -0.685. The monoisotopic (exact) mass is 845 g/mol. The molecule has 11 heteroatoms. The molecule has 2 amide bonds. The fraction of sp³-hybridized carbons (Fsp3) is 0.346. The lowest BCUT2D eigenvalue weighted by Gasteiger charge is -2.31. The third-order valence-corrected chi connectivity index (χ3v) is 12.4. The minimum Gasteiger partial charge on any atom is -0.494 e. The van der Waals surface area contributed by atoms with E-state index in [0.717, 1.165) is 68.9 Å². The van der Waals surface area contributed by atoms with Crippen LogP contribution in [0.25, 0.3) is 32.3 Å². The maximum atomic E-state index is 13.8. The molecule has 11 nitrogen and oxygen atoms in total. The van der Waals surface area contributed by atoms with Crippen LogP contribution in [0.4, 0.5) is 5.69 Å². The molecule has 2 aliphatic heterocycles. The quantitative estimate of drug-likeness (QED) is 0.0434. The summed E-state index contributed by atoms with van der Waals surface area (Å²) >= 11 is 0. The summed E-state index contributed by atoms with van der Waals surface area (Å²) in [4.78, 5) is 30.8. The number of nitrogens with two attached hydrogens (primary N) is 1. The van der Waals surface area contributed by atoms with Crippen molar-refractivity contribution in [3.05, 3.63) is 143 Å². The number of fused-ring (bicyclic) bond motifs is 2. The van der Waals surface area contributed by atoms with Gasteiger partial charge in [-0.25, -0.2) is 4.68 Å². The lowest BCUT2D eigenvalue weighted by atomic mass is 9.93. The van der Waals surface area contributed by atoms with Crippen LogP contribution >= 0.6 is 0 Å². The molecule has 3 heterocycles. The number of quaternary nitrogens is 1. The van der Waals surface area contributed by atoms with Crippen LogP contribution in [-0.2, 0) is 35.8 Å². The van der Waals surface area contributed by atoms with E-state index in [2.05, 4.69) is 105 Å². The molecule has 9 rings (SSSR count). The van der Waals surface area contributed by atoms with Crippen molar-refractivity contribution >= 4 is 49.8 Å². The van der Waals surface area contributed by atoms with E-state index in [9.17, 15) is 9.59 Å². The molecule has 1 fully saturated rings. The first-order chi connectivity index (χ1) is 31.1. The molecule has 0 unspecified atom stereocenters. The van der Waals surface area contributed by atoms with Crippen molar-refractivity contribution in [2.45, 2.75) is 77.7 Å². The first-order valence-corrected chi connectivity index (χ1v) is 22.7. The molecule has 0 aliphatic carbocycles. The van der Waals surface area contributed by atoms with Crippen molar-refractivity contribution in [2.75, 3.05) is 44.4 Å². The first-order valence-electron chi connectivity index (χ1n) is 22.7. The maximum absolute atomic E-state index is 13.8. The number of hydrogen-bond acceptors (Lipinski definition) is 8. The number of nitrogens with zero attached hydrogens (tertiary/aromatic N) is 5. The SMILES string of the molecule is O=C1c2cccc3cc(N4CCOCC4)cc(c23)C(=O)N1Cn1cc(COCCCCCCCCCCOc2ccc(C[NH2+]Cc3c4ccccc4cc4ccccc34)cc2)nn1. The van der Waals surface area contributed by atoms with Crippen LogP contribution in [-0.4, -0.2) is 71.2 Å². The van der Waals surface area contributed by atoms with Crippen molar-refractivity contribution in [3.8, 4) is 5.75 Å². The summed E-state index contributed by atoms with van der Waals surface area (Å²) in [6, 6.07) is 37.9. The number of carbonyl (C=O) groups is 2. The predicted molar refractivity (Wildman–Crippen MR) is 247 cm³/mol. The topological polar surface area (TPSA) is 116 Å². The molecule has 63 heavy (non-hydrogen) atoms. The Morgan fingerprint density at radius 3 is 2.06 bits per heavy atom. The number of unbranched alkanes of at least 4 members (excludes halogenated alkanes) is 7. The average Bonchev–Trinajstić information content (AvgIpc) is 3.78. The number of morpholine rings is 1. The second-order valence-corrected chi connectivity index (χ2v) is 16.8. The number of anilines is 1. The molecule has 0 spiro atoms. The number of amides is 2. The normalized spacial score (nSPS) is 14.1. The van der Waals surface area contributed by atoms with E-state index in [1.54, 1.807) is 12.3 Å². The zero-order valence-corrected chi connectivity index (χ0v) is 36.1. The van der Waals surface area contributed by atoms with Crippen LogP contribution in [0.15, 0.2) is 115 Å². The number of carbonyl (C=O) groups excluding carboxylic acids is 2. The molecule has 1 saturated heterocycles. The largest absolute Gasteiger partial charge is 0.494 e. The lowest BCUT2D eigenvalue weighted by Crippen LogP contribution is -2.80. The fourth-order valence-corrected chi connectivity index (χ4v) is 9.06. The van der Waals surface area contributed by atoms with Gasteiger partial charge in [0.2, 0.25) is 0 Å². The molecule has 0 radical (unpaired) electrons. The van der Waals surface area contributed by atoms with Crippen LogP contribution in [0.5, 0.6) is 5.75 Å². The highest BCUT2D eigenvalue weighted by Gasteiger charge is 2.34. The molecular weight excluding hydrogens is 789 g/mol. The molecule has 0 bridgehead atoms. The third kappa shape index (κ3) is 10.1. The van der Waals surface area contributed by atoms with Gasteiger partial charge in [-0.3, -0.25) is 14.5 Å². The van der Waals surface area contributed by atoms with Gasteiger partial charge in [-0.2, -0.15) is 0 Å². The molecule has 2 aliphatic rings. The van der Waals surface area contributed by atoms with E-state index in [1.165, 1.54) is 74.4 Å².